The molecule has 0 saturated carbocycles. The Labute approximate surface area is 114 Å². The molecule has 1 saturated heterocycles. The molecule has 6 nitrogen and oxygen atoms in total. The van der Waals surface area contributed by atoms with Gasteiger partial charge in [-0.25, -0.2) is 0 Å². The Kier molecular flexibility index (Phi) is 5.79. The molecule has 108 valence electrons. The van der Waals surface area contributed by atoms with Crippen molar-refractivity contribution in [3.63, 3.8) is 0 Å². The number of carbonyl (C=O) groups excluding carboxylic acids is 3. The van der Waals surface area contributed by atoms with Crippen LogP contribution in [0.15, 0.2) is 0 Å². The normalized spacial score (nSPS) is 17.0. The monoisotopic (exact) mass is 269 g/mol. The number of hydrogen-bond donors (Lipinski definition) is 0. The molecule has 0 spiro atoms. The minimum absolute atomic E-state index is 0.0407. The Hall–Kier alpha value is -1.59. The number of piperazine rings is 1. The molecule has 0 aromatic carbocycles. The van der Waals surface area contributed by atoms with Gasteiger partial charge >= 0.3 is 0 Å². The number of amides is 3. The lowest BCUT2D eigenvalue weighted by Crippen LogP contribution is -2.52. The molecule has 0 radical (unpaired) electrons. The molecule has 1 unspecified atom stereocenters. The Morgan fingerprint density at radius 2 is 1.84 bits per heavy atom. The maximum atomic E-state index is 12.2. The van der Waals surface area contributed by atoms with Crippen molar-refractivity contribution < 1.29 is 14.4 Å². The van der Waals surface area contributed by atoms with E-state index in [2.05, 4.69) is 0 Å². The highest BCUT2D eigenvalue weighted by Crippen LogP contribution is 2.07. The van der Waals surface area contributed by atoms with Crippen LogP contribution in [0.1, 0.15) is 27.2 Å². The lowest BCUT2D eigenvalue weighted by Gasteiger charge is -2.35. The van der Waals surface area contributed by atoms with Crippen molar-refractivity contribution in [2.24, 2.45) is 0 Å². The van der Waals surface area contributed by atoms with Gasteiger partial charge in [-0.05, 0) is 13.3 Å². The first-order chi connectivity index (χ1) is 8.99. The van der Waals surface area contributed by atoms with Crippen LogP contribution in [0.4, 0.5) is 0 Å². The van der Waals surface area contributed by atoms with Gasteiger partial charge < -0.3 is 14.7 Å². The Morgan fingerprint density at radius 3 is 2.26 bits per heavy atom. The van der Waals surface area contributed by atoms with Crippen LogP contribution in [-0.4, -0.2) is 71.7 Å². The fourth-order valence-electron chi connectivity index (χ4n) is 2.12. The Morgan fingerprint density at radius 1 is 1.26 bits per heavy atom. The van der Waals surface area contributed by atoms with E-state index >= 15 is 0 Å². The smallest absolute Gasteiger partial charge is 0.242 e. The molecule has 1 heterocycles. The summed E-state index contributed by atoms with van der Waals surface area (Å²) in [6.45, 7) is 7.78. The molecule has 1 fully saturated rings. The molecule has 3 amide bonds. The van der Waals surface area contributed by atoms with Gasteiger partial charge in [-0.1, -0.05) is 6.92 Å². The van der Waals surface area contributed by atoms with Crippen LogP contribution in [0.2, 0.25) is 0 Å². The average molecular weight is 269 g/mol. The summed E-state index contributed by atoms with van der Waals surface area (Å²) in [6, 6.07) is 0.0673. The molecular weight excluding hydrogens is 246 g/mol. The van der Waals surface area contributed by atoms with Gasteiger partial charge in [-0.3, -0.25) is 14.4 Å². The summed E-state index contributed by atoms with van der Waals surface area (Å²) in [6.07, 6.45) is 1.63. The summed E-state index contributed by atoms with van der Waals surface area (Å²) in [7, 11) is 0. The van der Waals surface area contributed by atoms with E-state index in [1.807, 2.05) is 13.8 Å². The third-order valence-corrected chi connectivity index (χ3v) is 3.65. The summed E-state index contributed by atoms with van der Waals surface area (Å²) in [5.41, 5.74) is 0. The maximum Gasteiger partial charge on any atom is 0.242 e. The van der Waals surface area contributed by atoms with Crippen molar-refractivity contribution in [3.05, 3.63) is 0 Å². The minimum Gasteiger partial charge on any atom is -0.342 e. The second-order valence-corrected chi connectivity index (χ2v) is 4.93. The summed E-state index contributed by atoms with van der Waals surface area (Å²) in [4.78, 5) is 39.3. The van der Waals surface area contributed by atoms with Crippen molar-refractivity contribution in [2.75, 3.05) is 32.7 Å². The first-order valence-corrected chi connectivity index (χ1v) is 6.73. The standard InChI is InChI=1S/C13H23N3O3/c1-4-11(2)16(12(3)18)9-13(19)15-7-5-14(10-17)6-8-15/h10-11H,4-9H2,1-3H3. The van der Waals surface area contributed by atoms with E-state index in [0.717, 1.165) is 12.8 Å². The maximum absolute atomic E-state index is 12.2. The first-order valence-electron chi connectivity index (χ1n) is 6.73. The Balaban J connectivity index is 2.53. The highest BCUT2D eigenvalue weighted by Gasteiger charge is 2.24. The Bertz CT molecular complexity index is 338. The van der Waals surface area contributed by atoms with Gasteiger partial charge in [-0.2, -0.15) is 0 Å². The van der Waals surface area contributed by atoms with Crippen LogP contribution in [0.25, 0.3) is 0 Å². The largest absolute Gasteiger partial charge is 0.342 e. The van der Waals surface area contributed by atoms with E-state index in [1.165, 1.54) is 6.92 Å². The van der Waals surface area contributed by atoms with Crippen LogP contribution in [0.3, 0.4) is 0 Å². The number of hydrogen-bond acceptors (Lipinski definition) is 3. The lowest BCUT2D eigenvalue weighted by molar-refractivity contribution is -0.142. The predicted octanol–water partition coefficient (Wildman–Crippen LogP) is -0.0660. The van der Waals surface area contributed by atoms with Crippen LogP contribution in [-0.2, 0) is 14.4 Å². The number of nitrogens with zero attached hydrogens (tertiary/aromatic N) is 3. The van der Waals surface area contributed by atoms with Gasteiger partial charge in [0.2, 0.25) is 18.2 Å². The van der Waals surface area contributed by atoms with Gasteiger partial charge in [0.05, 0.1) is 6.54 Å². The van der Waals surface area contributed by atoms with Gasteiger partial charge in [0.25, 0.3) is 0 Å². The molecule has 0 aromatic heterocycles. The second kappa shape index (κ2) is 7.11. The number of carbonyl (C=O) groups is 3. The van der Waals surface area contributed by atoms with Crippen molar-refractivity contribution in [2.45, 2.75) is 33.2 Å². The molecule has 0 aromatic rings. The average Bonchev–Trinajstić information content (AvgIpc) is 2.43. The highest BCUT2D eigenvalue weighted by atomic mass is 16.2. The minimum atomic E-state index is -0.0748. The van der Waals surface area contributed by atoms with Crippen LogP contribution in [0, 0.1) is 0 Å². The van der Waals surface area contributed by atoms with Gasteiger partial charge in [-0.15, -0.1) is 0 Å². The topological polar surface area (TPSA) is 60.9 Å². The summed E-state index contributed by atoms with van der Waals surface area (Å²) in [5.74, 6) is -0.115. The summed E-state index contributed by atoms with van der Waals surface area (Å²) in [5, 5.41) is 0. The molecule has 1 rings (SSSR count). The zero-order valence-electron chi connectivity index (χ0n) is 12.0. The van der Waals surface area contributed by atoms with E-state index < -0.39 is 0 Å². The number of rotatable bonds is 5. The van der Waals surface area contributed by atoms with Crippen molar-refractivity contribution >= 4 is 18.2 Å². The predicted molar refractivity (Wildman–Crippen MR) is 71.4 cm³/mol. The van der Waals surface area contributed by atoms with E-state index in [0.29, 0.717) is 26.2 Å². The zero-order valence-corrected chi connectivity index (χ0v) is 12.0. The molecule has 0 N–H and O–H groups in total. The molecule has 6 heteroatoms. The van der Waals surface area contributed by atoms with E-state index in [1.54, 1.807) is 14.7 Å². The quantitative estimate of drug-likeness (QED) is 0.657. The van der Waals surface area contributed by atoms with E-state index in [-0.39, 0.29) is 24.4 Å². The fourth-order valence-corrected chi connectivity index (χ4v) is 2.12. The van der Waals surface area contributed by atoms with Gasteiger partial charge in [0, 0.05) is 39.1 Å². The lowest BCUT2D eigenvalue weighted by atomic mass is 10.2. The molecular formula is C13H23N3O3. The van der Waals surface area contributed by atoms with E-state index in [4.69, 9.17) is 0 Å². The molecule has 1 aliphatic rings. The fraction of sp³-hybridized carbons (Fsp3) is 0.769. The summed E-state index contributed by atoms with van der Waals surface area (Å²) >= 11 is 0. The van der Waals surface area contributed by atoms with Crippen LogP contribution >= 0.6 is 0 Å². The third-order valence-electron chi connectivity index (χ3n) is 3.65. The molecule has 1 aliphatic heterocycles. The van der Waals surface area contributed by atoms with Crippen molar-refractivity contribution in [1.29, 1.82) is 0 Å². The van der Waals surface area contributed by atoms with Crippen LogP contribution < -0.4 is 0 Å². The van der Waals surface area contributed by atoms with Crippen molar-refractivity contribution in [1.82, 2.24) is 14.7 Å². The van der Waals surface area contributed by atoms with Crippen molar-refractivity contribution in [3.8, 4) is 0 Å². The van der Waals surface area contributed by atoms with Gasteiger partial charge in [0.15, 0.2) is 0 Å². The highest BCUT2D eigenvalue weighted by molar-refractivity contribution is 5.84. The molecule has 0 aliphatic carbocycles. The zero-order chi connectivity index (χ0) is 14.4. The molecule has 19 heavy (non-hydrogen) atoms. The SMILES string of the molecule is CCC(C)N(CC(=O)N1CCN(C=O)CC1)C(C)=O. The van der Waals surface area contributed by atoms with Crippen LogP contribution in [0.5, 0.6) is 0 Å². The third kappa shape index (κ3) is 4.22. The summed E-state index contributed by atoms with van der Waals surface area (Å²) < 4.78 is 0. The second-order valence-electron chi connectivity index (χ2n) is 4.93. The van der Waals surface area contributed by atoms with E-state index in [9.17, 15) is 14.4 Å². The van der Waals surface area contributed by atoms with Gasteiger partial charge in [0.1, 0.15) is 0 Å². The molecule has 1 atom stereocenters. The molecule has 0 bridgehead atoms. The first kappa shape index (κ1) is 15.5.